The molecule has 9 aromatic rings. The summed E-state index contributed by atoms with van der Waals surface area (Å²) >= 11 is 0. The van der Waals surface area contributed by atoms with Crippen LogP contribution in [-0.2, 0) is 12.8 Å². The van der Waals surface area contributed by atoms with Gasteiger partial charge in [-0.15, -0.1) is 0 Å². The number of hydrogen-bond donors (Lipinski definition) is 0. The normalized spacial score (nSPS) is 15.3. The molecule has 0 saturated carbocycles. The van der Waals surface area contributed by atoms with E-state index < -0.39 is 0 Å². The van der Waals surface area contributed by atoms with E-state index in [1.807, 2.05) is 0 Å². The lowest BCUT2D eigenvalue weighted by atomic mass is 9.81. The summed E-state index contributed by atoms with van der Waals surface area (Å²) in [6, 6.07) is 64.2. The first kappa shape index (κ1) is 35.1. The number of benzene rings is 9. The van der Waals surface area contributed by atoms with Gasteiger partial charge in [0.1, 0.15) is 0 Å². The molecule has 3 aliphatic rings. The van der Waals surface area contributed by atoms with Crippen molar-refractivity contribution in [1.82, 2.24) is 0 Å². The van der Waals surface area contributed by atoms with E-state index >= 15 is 0 Å². The van der Waals surface area contributed by atoms with Crippen molar-refractivity contribution in [3.05, 3.63) is 204 Å². The molecule has 0 bridgehead atoms. The van der Waals surface area contributed by atoms with E-state index in [0.717, 1.165) is 51.6 Å². The van der Waals surface area contributed by atoms with Crippen molar-refractivity contribution in [3.63, 3.8) is 0 Å². The monoisotopic (exact) mass is 770 g/mol. The predicted molar refractivity (Wildman–Crippen MR) is 257 cm³/mol. The maximum Gasteiger partial charge on any atom is 0.0443 e. The molecule has 0 fully saturated rings. The fourth-order valence-corrected chi connectivity index (χ4v) is 10.7. The molecule has 12 rings (SSSR count). The van der Waals surface area contributed by atoms with Crippen molar-refractivity contribution in [3.8, 4) is 11.1 Å². The molecular formula is C58H46N2. The summed E-state index contributed by atoms with van der Waals surface area (Å²) in [5.41, 5.74) is 16.2. The molecule has 0 aromatic heterocycles. The maximum atomic E-state index is 2.56. The molecule has 2 nitrogen and oxygen atoms in total. The molecule has 2 heteroatoms. The van der Waals surface area contributed by atoms with E-state index in [2.05, 4.69) is 192 Å². The van der Waals surface area contributed by atoms with Crippen molar-refractivity contribution >= 4 is 77.0 Å². The number of allylic oxidation sites excluding steroid dienone is 4. The predicted octanol–water partition coefficient (Wildman–Crippen LogP) is 15.4. The van der Waals surface area contributed by atoms with Crippen molar-refractivity contribution in [2.24, 2.45) is 0 Å². The van der Waals surface area contributed by atoms with E-state index in [1.165, 1.54) is 110 Å². The zero-order valence-electron chi connectivity index (χ0n) is 33.9. The van der Waals surface area contributed by atoms with E-state index in [0.29, 0.717) is 0 Å². The third-order valence-corrected chi connectivity index (χ3v) is 13.6. The van der Waals surface area contributed by atoms with Crippen LogP contribution in [0.25, 0.3) is 65.4 Å². The Hall–Kier alpha value is -6.90. The molecule has 9 aromatic carbocycles. The highest BCUT2D eigenvalue weighted by atomic mass is 15.1. The number of anilines is 4. The quantitative estimate of drug-likeness (QED) is 0.161. The summed E-state index contributed by atoms with van der Waals surface area (Å²) in [5, 5.41) is 10.4. The zero-order chi connectivity index (χ0) is 39.6. The number of aryl methyl sites for hydroxylation is 2. The molecule has 0 unspecified atom stereocenters. The molecule has 1 aliphatic carbocycles. The van der Waals surface area contributed by atoms with Gasteiger partial charge in [0.05, 0.1) is 0 Å². The van der Waals surface area contributed by atoms with Gasteiger partial charge in [0.25, 0.3) is 0 Å². The molecular weight excluding hydrogens is 725 g/mol. The average molecular weight is 771 g/mol. The van der Waals surface area contributed by atoms with Crippen molar-refractivity contribution in [1.29, 1.82) is 0 Å². The van der Waals surface area contributed by atoms with Crippen LogP contribution in [0, 0.1) is 0 Å². The van der Waals surface area contributed by atoms with E-state index in [-0.39, 0.29) is 0 Å². The van der Waals surface area contributed by atoms with Gasteiger partial charge in [0, 0.05) is 35.8 Å². The second-order valence-electron chi connectivity index (χ2n) is 17.0. The molecule has 0 spiro atoms. The number of fused-ring (bicyclic) bond motifs is 6. The third kappa shape index (κ3) is 5.85. The molecule has 2 heterocycles. The Kier molecular flexibility index (Phi) is 8.44. The summed E-state index contributed by atoms with van der Waals surface area (Å²) in [4.78, 5) is 5.12. The standard InChI is InChI=1S/C58H46N2/c1-2-16-45-36-46(29-26-39(45)12-1)40-24-27-44(28-25-40)57-51-32-30-48(60-35-11-19-43-15-5-8-23-56(43)60)38-54(51)58(50-21-9-17-41-13-3-6-20-49(41)50)52-33-31-47(37-53(52)57)59-34-10-18-42-14-4-7-22-55(42)59/h1-9,12-17,20-24,26-27,29-33,36-38H,10-11,18-19,25,28,34-35H2. The lowest BCUT2D eigenvalue weighted by Crippen LogP contribution is -2.24. The van der Waals surface area contributed by atoms with Crippen LogP contribution < -0.4 is 9.80 Å². The lowest BCUT2D eigenvalue weighted by molar-refractivity contribution is 0.767. The number of para-hydroxylation sites is 2. The number of nitrogens with zero attached hydrogens (tertiary/aromatic N) is 2. The molecule has 288 valence electrons. The summed E-state index contributed by atoms with van der Waals surface area (Å²) in [6.45, 7) is 2.03. The van der Waals surface area contributed by atoms with Crippen LogP contribution in [0.3, 0.4) is 0 Å². The van der Waals surface area contributed by atoms with Gasteiger partial charge in [-0.05, 0) is 169 Å². The SMILES string of the molecule is C1=C(c2ccc3ccccc3c2)CCC(c2c3cc(N4CCCc5ccccc54)ccc3c(-c3cccc4ccccc34)c3cc(N4CCCc5ccccc54)ccc23)=C1. The minimum absolute atomic E-state index is 0.981. The van der Waals surface area contributed by atoms with Crippen LogP contribution in [0.4, 0.5) is 22.7 Å². The molecule has 0 atom stereocenters. The maximum absolute atomic E-state index is 2.56. The molecule has 0 N–H and O–H groups in total. The van der Waals surface area contributed by atoms with E-state index in [4.69, 9.17) is 0 Å². The summed E-state index contributed by atoms with van der Waals surface area (Å²) in [7, 11) is 0. The largest absolute Gasteiger partial charge is 0.341 e. The van der Waals surface area contributed by atoms with Crippen molar-refractivity contribution < 1.29 is 0 Å². The topological polar surface area (TPSA) is 6.48 Å². The Morgan fingerprint density at radius 3 is 1.62 bits per heavy atom. The minimum atomic E-state index is 0.981. The van der Waals surface area contributed by atoms with Gasteiger partial charge < -0.3 is 9.80 Å². The zero-order valence-corrected chi connectivity index (χ0v) is 33.9. The molecule has 0 amide bonds. The average Bonchev–Trinajstić information content (AvgIpc) is 3.32. The Balaban J connectivity index is 1.13. The second kappa shape index (κ2) is 14.4. The summed E-state index contributed by atoms with van der Waals surface area (Å²) in [6.07, 6.45) is 11.4. The van der Waals surface area contributed by atoms with Crippen molar-refractivity contribution in [2.45, 2.75) is 38.5 Å². The molecule has 2 aliphatic heterocycles. The fraction of sp³-hybridized carbons (Fsp3) is 0.138. The smallest absolute Gasteiger partial charge is 0.0443 e. The number of rotatable bonds is 5. The van der Waals surface area contributed by atoms with Gasteiger partial charge in [-0.3, -0.25) is 0 Å². The van der Waals surface area contributed by atoms with Crippen LogP contribution in [-0.4, -0.2) is 13.1 Å². The second-order valence-corrected chi connectivity index (χ2v) is 17.0. The van der Waals surface area contributed by atoms with Crippen LogP contribution in [0.2, 0.25) is 0 Å². The first-order valence-electron chi connectivity index (χ1n) is 21.9. The molecule has 0 saturated heterocycles. The molecule has 60 heavy (non-hydrogen) atoms. The first-order chi connectivity index (χ1) is 29.7. The van der Waals surface area contributed by atoms with Gasteiger partial charge in [-0.2, -0.15) is 0 Å². The highest BCUT2D eigenvalue weighted by Crippen LogP contribution is 2.49. The first-order valence-corrected chi connectivity index (χ1v) is 21.9. The number of hydrogen-bond acceptors (Lipinski definition) is 2. The Morgan fingerprint density at radius 1 is 0.350 bits per heavy atom. The van der Waals surface area contributed by atoms with Crippen LogP contribution >= 0.6 is 0 Å². The van der Waals surface area contributed by atoms with Gasteiger partial charge in [0.15, 0.2) is 0 Å². The highest BCUT2D eigenvalue weighted by Gasteiger charge is 2.25. The Bertz CT molecular complexity index is 3230. The fourth-order valence-electron chi connectivity index (χ4n) is 10.7. The van der Waals surface area contributed by atoms with Crippen LogP contribution in [0.5, 0.6) is 0 Å². The summed E-state index contributed by atoms with van der Waals surface area (Å²) < 4.78 is 0. The van der Waals surface area contributed by atoms with Gasteiger partial charge >= 0.3 is 0 Å². The van der Waals surface area contributed by atoms with E-state index in [9.17, 15) is 0 Å². The minimum Gasteiger partial charge on any atom is -0.341 e. The van der Waals surface area contributed by atoms with E-state index in [1.54, 1.807) is 0 Å². The van der Waals surface area contributed by atoms with Gasteiger partial charge in [-0.25, -0.2) is 0 Å². The van der Waals surface area contributed by atoms with Crippen molar-refractivity contribution in [2.75, 3.05) is 22.9 Å². The lowest BCUT2D eigenvalue weighted by Gasteiger charge is -2.33. The third-order valence-electron chi connectivity index (χ3n) is 13.6. The summed E-state index contributed by atoms with van der Waals surface area (Å²) in [5.74, 6) is 0. The highest BCUT2D eigenvalue weighted by molar-refractivity contribution is 6.22. The Labute approximate surface area is 352 Å². The van der Waals surface area contributed by atoms with Crippen LogP contribution in [0.15, 0.2) is 182 Å². The van der Waals surface area contributed by atoms with Gasteiger partial charge in [-0.1, -0.05) is 140 Å². The van der Waals surface area contributed by atoms with Gasteiger partial charge in [0.2, 0.25) is 0 Å². The molecule has 0 radical (unpaired) electrons. The van der Waals surface area contributed by atoms with Crippen LogP contribution in [0.1, 0.15) is 47.9 Å². The Morgan fingerprint density at radius 2 is 0.917 bits per heavy atom.